The van der Waals surface area contributed by atoms with E-state index in [0.717, 1.165) is 46.8 Å². The number of pyridine rings is 1. The van der Waals surface area contributed by atoms with Crippen molar-refractivity contribution in [2.75, 3.05) is 20.1 Å². The fourth-order valence-corrected chi connectivity index (χ4v) is 4.92. The van der Waals surface area contributed by atoms with Gasteiger partial charge in [0.25, 0.3) is 0 Å². The third-order valence-corrected chi connectivity index (χ3v) is 8.11. The molecule has 0 aliphatic heterocycles. The summed E-state index contributed by atoms with van der Waals surface area (Å²) in [6, 6.07) is 24.8. The molecule has 0 unspecified atom stereocenters. The monoisotopic (exact) mass is 726 g/mol. The molecule has 284 valence electrons. The van der Waals surface area contributed by atoms with Crippen LogP contribution in [-0.2, 0) is 4.79 Å². The Balaban J connectivity index is 0.000000791. The number of ether oxygens (including phenoxy) is 1. The second kappa shape index (κ2) is 25.9. The van der Waals surface area contributed by atoms with Gasteiger partial charge in [0.05, 0.1) is 11.1 Å². The number of carbonyl (C=O) groups excluding carboxylic acids is 1. The minimum Gasteiger partial charge on any atom is -0.457 e. The predicted octanol–water partition coefficient (Wildman–Crippen LogP) is 13.1. The molecule has 0 aliphatic rings. The highest BCUT2D eigenvalue weighted by Gasteiger charge is 2.15. The van der Waals surface area contributed by atoms with Gasteiger partial charge in [0.15, 0.2) is 0 Å². The highest BCUT2D eigenvalue weighted by atomic mass is 31.0. The van der Waals surface area contributed by atoms with E-state index in [4.69, 9.17) is 4.74 Å². The number of allylic oxidation sites excluding steroid dienone is 2. The minimum absolute atomic E-state index is 0.173. The van der Waals surface area contributed by atoms with Gasteiger partial charge in [-0.1, -0.05) is 142 Å². The van der Waals surface area contributed by atoms with Crippen LogP contribution in [0.25, 0.3) is 10.8 Å². The molecule has 1 heterocycles. The van der Waals surface area contributed by atoms with Gasteiger partial charge in [-0.05, 0) is 70.7 Å². The first kappa shape index (κ1) is 48.1. The molecule has 0 aliphatic carbocycles. The first-order valence-electron chi connectivity index (χ1n) is 18.6. The fraction of sp³-hybridized carbons (Fsp3) is 0.435. The van der Waals surface area contributed by atoms with Gasteiger partial charge in [0, 0.05) is 55.3 Å². The highest BCUT2D eigenvalue weighted by molar-refractivity contribution is 7.21. The molecule has 0 fully saturated rings. The number of aryl methyl sites for hydroxylation is 3. The minimum atomic E-state index is 0.173. The Morgan fingerprint density at radius 3 is 1.73 bits per heavy atom. The van der Waals surface area contributed by atoms with E-state index in [1.54, 1.807) is 13.1 Å². The van der Waals surface area contributed by atoms with E-state index in [-0.39, 0.29) is 11.2 Å². The van der Waals surface area contributed by atoms with Crippen molar-refractivity contribution >= 4 is 36.5 Å². The van der Waals surface area contributed by atoms with E-state index in [1.165, 1.54) is 34.1 Å². The van der Waals surface area contributed by atoms with Crippen molar-refractivity contribution in [1.29, 1.82) is 0 Å². The van der Waals surface area contributed by atoms with Crippen LogP contribution < -0.4 is 4.74 Å². The third-order valence-electron chi connectivity index (χ3n) is 7.53. The molecule has 4 aromatic rings. The molecular formula is C46H68N3O2P. The van der Waals surface area contributed by atoms with Gasteiger partial charge in [-0.3, -0.25) is 14.9 Å². The number of Topliss-reactive ketones (excluding diaryl/α,β-unsaturated/α-hetero) is 1. The van der Waals surface area contributed by atoms with Gasteiger partial charge in [-0.15, -0.1) is 0 Å². The summed E-state index contributed by atoms with van der Waals surface area (Å²) in [4.78, 5) is 20.7. The second-order valence-electron chi connectivity index (χ2n) is 13.9. The van der Waals surface area contributed by atoms with E-state index >= 15 is 0 Å². The standard InChI is InChI=1S/C21H23N2OP.C10H19N.C8H10.C4H8O.C3H8/c1-4-23(5-2)21(25)19-14-16(12-13-22-19)24-20-11-10-15(3)17-8-6-7-9-18(17)20;1-8(2)7-9(11-6)10(3,4)5;1-7-3-5-8(2)6-4-7;1-3-4(2)5;1-3-2/h6-14,25H,4-5H2,1-3H3;7H,1-6H3;3-6H,1-2H3;3H2,1-2H3;3H2,1-2H3. The number of rotatable bonds is 8. The van der Waals surface area contributed by atoms with Gasteiger partial charge in [0.1, 0.15) is 17.3 Å². The maximum atomic E-state index is 9.81. The Hall–Kier alpha value is -3.92. The Labute approximate surface area is 319 Å². The zero-order valence-electron chi connectivity index (χ0n) is 35.1. The summed E-state index contributed by atoms with van der Waals surface area (Å²) in [5.74, 6) is 1.89. The van der Waals surface area contributed by atoms with E-state index in [0.29, 0.717) is 6.42 Å². The molecule has 0 bridgehead atoms. The van der Waals surface area contributed by atoms with Crippen molar-refractivity contribution < 1.29 is 9.53 Å². The van der Waals surface area contributed by atoms with Gasteiger partial charge < -0.3 is 9.53 Å². The third kappa shape index (κ3) is 19.1. The summed E-state index contributed by atoms with van der Waals surface area (Å²) < 4.78 is 6.19. The lowest BCUT2D eigenvalue weighted by Crippen LogP contribution is -2.29. The topological polar surface area (TPSA) is 54.8 Å². The van der Waals surface area contributed by atoms with Crippen molar-refractivity contribution in [1.82, 2.24) is 9.88 Å². The van der Waals surface area contributed by atoms with Crippen LogP contribution in [0.5, 0.6) is 11.5 Å². The number of nitrogens with zero attached hydrogens (tertiary/aromatic N) is 3. The van der Waals surface area contributed by atoms with Crippen molar-refractivity contribution in [3.05, 3.63) is 113 Å². The number of ketones is 1. The van der Waals surface area contributed by atoms with Gasteiger partial charge >= 0.3 is 0 Å². The first-order valence-corrected chi connectivity index (χ1v) is 19.1. The molecule has 0 amide bonds. The molecule has 0 spiro atoms. The van der Waals surface area contributed by atoms with Crippen molar-refractivity contribution in [2.24, 2.45) is 10.4 Å². The summed E-state index contributed by atoms with van der Waals surface area (Å²) in [6.45, 7) is 30.8. The lowest BCUT2D eigenvalue weighted by molar-refractivity contribution is -0.116. The fourth-order valence-electron chi connectivity index (χ4n) is 4.47. The van der Waals surface area contributed by atoms with Crippen LogP contribution in [0.1, 0.15) is 111 Å². The molecule has 0 saturated heterocycles. The molecule has 0 atom stereocenters. The second-order valence-corrected chi connectivity index (χ2v) is 14.4. The molecule has 0 N–H and O–H groups in total. The van der Waals surface area contributed by atoms with E-state index in [1.807, 2.05) is 38.2 Å². The number of fused-ring (bicyclic) bond motifs is 1. The summed E-state index contributed by atoms with van der Waals surface area (Å²) in [5, 5.41) is 2.33. The van der Waals surface area contributed by atoms with Gasteiger partial charge in [-0.2, -0.15) is 0 Å². The molecule has 6 heteroatoms. The molecular weight excluding hydrogens is 657 g/mol. The lowest BCUT2D eigenvalue weighted by Gasteiger charge is -2.20. The van der Waals surface area contributed by atoms with Crippen LogP contribution in [-0.4, -0.2) is 46.9 Å². The van der Waals surface area contributed by atoms with E-state index in [2.05, 4.69) is 161 Å². The normalized spacial score (nSPS) is 10.6. The Morgan fingerprint density at radius 1 is 0.827 bits per heavy atom. The average Bonchev–Trinajstić information content (AvgIpc) is 3.11. The van der Waals surface area contributed by atoms with E-state index < -0.39 is 0 Å². The Morgan fingerprint density at radius 2 is 1.33 bits per heavy atom. The number of carbonyl (C=O) groups is 1. The molecule has 0 saturated carbocycles. The van der Waals surface area contributed by atoms with Crippen LogP contribution in [0.2, 0.25) is 0 Å². The maximum Gasteiger partial charge on any atom is 0.135 e. The number of hydrogen-bond acceptors (Lipinski definition) is 4. The lowest BCUT2D eigenvalue weighted by atomic mass is 9.89. The SMILES string of the molecule is CCC.CCC(C)=O.CCN(CC)C(=P)c1cc(Oc2ccc(C)c3ccccc23)ccn1.CN=C(C=C(C)C)C(C)(C)C.Cc1ccc(C)cc1. The van der Waals surface area contributed by atoms with Crippen LogP contribution >= 0.6 is 8.86 Å². The number of aliphatic imine (C=N–C) groups is 1. The Kier molecular flexibility index (Phi) is 24.0. The molecule has 3 aromatic carbocycles. The predicted molar refractivity (Wildman–Crippen MR) is 233 cm³/mol. The summed E-state index contributed by atoms with van der Waals surface area (Å²) in [7, 11) is 5.57. The first-order chi connectivity index (χ1) is 24.5. The van der Waals surface area contributed by atoms with E-state index in [9.17, 15) is 4.79 Å². The van der Waals surface area contributed by atoms with Gasteiger partial charge in [0.2, 0.25) is 0 Å². The largest absolute Gasteiger partial charge is 0.457 e. The molecule has 1 aromatic heterocycles. The van der Waals surface area contributed by atoms with Gasteiger partial charge in [-0.25, -0.2) is 0 Å². The number of benzene rings is 3. The van der Waals surface area contributed by atoms with Crippen molar-refractivity contribution in [2.45, 2.75) is 110 Å². The summed E-state index contributed by atoms with van der Waals surface area (Å²) >= 11 is 0. The van der Waals surface area contributed by atoms with Crippen molar-refractivity contribution in [3.63, 3.8) is 0 Å². The highest BCUT2D eigenvalue weighted by Crippen LogP contribution is 2.32. The number of hydrogen-bond donors (Lipinski definition) is 0. The van der Waals surface area contributed by atoms with Crippen molar-refractivity contribution in [3.8, 4) is 11.5 Å². The molecule has 0 radical (unpaired) electrons. The van der Waals surface area contributed by atoms with Crippen LogP contribution in [0, 0.1) is 26.2 Å². The smallest absolute Gasteiger partial charge is 0.135 e. The molecule has 4 rings (SSSR count). The van der Waals surface area contributed by atoms with Crippen LogP contribution in [0.4, 0.5) is 0 Å². The van der Waals surface area contributed by atoms with Crippen LogP contribution in [0.15, 0.2) is 95.6 Å². The molecule has 52 heavy (non-hydrogen) atoms. The molecule has 5 nitrogen and oxygen atoms in total. The Bertz CT molecular complexity index is 1670. The summed E-state index contributed by atoms with van der Waals surface area (Å²) in [5.41, 5.74) is 8.39. The summed E-state index contributed by atoms with van der Waals surface area (Å²) in [6.07, 6.45) is 5.84. The zero-order chi connectivity index (χ0) is 39.9. The quantitative estimate of drug-likeness (QED) is 0.134. The van der Waals surface area contributed by atoms with Crippen LogP contribution in [0.3, 0.4) is 0 Å². The zero-order valence-corrected chi connectivity index (χ0v) is 36.1. The number of aromatic nitrogens is 1. The average molecular weight is 726 g/mol. The maximum absolute atomic E-state index is 9.81.